The first-order chi connectivity index (χ1) is 8.35. The number of Topliss-reactive ketones (excluding diaryl/α,β-unsaturated/α-hetero) is 1. The minimum Gasteiger partial charge on any atom is -0.293 e. The molecule has 1 aromatic rings. The molecule has 1 atom stereocenters. The van der Waals surface area contributed by atoms with Gasteiger partial charge < -0.3 is 0 Å². The van der Waals surface area contributed by atoms with Crippen molar-refractivity contribution in [2.75, 3.05) is 0 Å². The van der Waals surface area contributed by atoms with Crippen LogP contribution in [-0.2, 0) is 0 Å². The number of carbonyl (C=O) groups excluding carboxylic acids is 1. The van der Waals surface area contributed by atoms with E-state index in [1.807, 2.05) is 0 Å². The molecule has 0 saturated carbocycles. The maximum absolute atomic E-state index is 12.8. The van der Waals surface area contributed by atoms with Gasteiger partial charge >= 0.3 is 0 Å². The van der Waals surface area contributed by atoms with Crippen molar-refractivity contribution in [3.63, 3.8) is 0 Å². The summed E-state index contributed by atoms with van der Waals surface area (Å²) < 4.78 is 64.7. The van der Waals surface area contributed by atoms with Gasteiger partial charge in [0.05, 0.1) is 0 Å². The Morgan fingerprint density at radius 1 is 1.32 bits per heavy atom. The SMILES string of the molecule is C=CCC(C(=O)c1cccc(I)c1)S(F)(F)(F)(F)F. The molecule has 0 spiro atoms. The summed E-state index contributed by atoms with van der Waals surface area (Å²) in [7, 11) is -9.91. The normalized spacial score (nSPS) is 17.2. The molecule has 0 fully saturated rings. The summed E-state index contributed by atoms with van der Waals surface area (Å²) in [5.74, 6) is -1.63. The zero-order valence-electron chi connectivity index (χ0n) is 9.46. The second-order valence-electron chi connectivity index (χ2n) is 3.92. The second kappa shape index (κ2) is 4.44. The number of hydrogen-bond acceptors (Lipinski definition) is 1. The van der Waals surface area contributed by atoms with Crippen LogP contribution in [0.4, 0.5) is 19.4 Å². The van der Waals surface area contributed by atoms with Crippen molar-refractivity contribution in [1.29, 1.82) is 0 Å². The first-order valence-corrected chi connectivity index (χ1v) is 8.08. The second-order valence-corrected chi connectivity index (χ2v) is 7.79. The molecule has 108 valence electrons. The molecule has 0 aliphatic heterocycles. The Hall–Kier alpha value is -0.640. The predicted octanol–water partition coefficient (Wildman–Crippen LogP) is 5.72. The van der Waals surface area contributed by atoms with Gasteiger partial charge in [-0.3, -0.25) is 4.79 Å². The Bertz CT molecular complexity index is 525. The third kappa shape index (κ3) is 4.44. The van der Waals surface area contributed by atoms with Crippen LogP contribution in [0.2, 0.25) is 0 Å². The van der Waals surface area contributed by atoms with Crippen molar-refractivity contribution < 1.29 is 24.2 Å². The van der Waals surface area contributed by atoms with Gasteiger partial charge in [0.2, 0.25) is 0 Å². The largest absolute Gasteiger partial charge is 0.295 e. The van der Waals surface area contributed by atoms with Crippen molar-refractivity contribution in [3.8, 4) is 0 Å². The van der Waals surface area contributed by atoms with Crippen LogP contribution in [0.1, 0.15) is 16.8 Å². The molecule has 0 aliphatic rings. The van der Waals surface area contributed by atoms with Crippen LogP contribution in [0, 0.1) is 3.57 Å². The van der Waals surface area contributed by atoms with E-state index in [0.717, 1.165) is 12.1 Å². The van der Waals surface area contributed by atoms with Crippen molar-refractivity contribution in [3.05, 3.63) is 46.1 Å². The minimum absolute atomic E-state index is 0.382. The number of ketones is 1. The predicted molar refractivity (Wildman–Crippen MR) is 75.2 cm³/mol. The van der Waals surface area contributed by atoms with Crippen LogP contribution in [0.25, 0.3) is 0 Å². The van der Waals surface area contributed by atoms with E-state index in [-0.39, 0.29) is 5.56 Å². The monoisotopic (exact) mass is 412 g/mol. The molecule has 1 aromatic carbocycles. The highest BCUT2D eigenvalue weighted by atomic mass is 127. The Kier molecular flexibility index (Phi) is 3.83. The molecule has 0 amide bonds. The zero-order chi connectivity index (χ0) is 15.0. The Morgan fingerprint density at radius 2 is 1.89 bits per heavy atom. The molecule has 1 nitrogen and oxygen atoms in total. The lowest BCUT2D eigenvalue weighted by molar-refractivity contribution is 0.0972. The van der Waals surface area contributed by atoms with Crippen LogP contribution >= 0.6 is 32.8 Å². The van der Waals surface area contributed by atoms with Crippen LogP contribution in [-0.4, -0.2) is 11.0 Å². The highest BCUT2D eigenvalue weighted by molar-refractivity contribution is 14.1. The van der Waals surface area contributed by atoms with Crippen LogP contribution in [0.3, 0.4) is 0 Å². The van der Waals surface area contributed by atoms with Crippen molar-refractivity contribution >= 4 is 38.6 Å². The number of halogens is 6. The lowest BCUT2D eigenvalue weighted by Gasteiger charge is -2.45. The molecule has 0 aliphatic carbocycles. The van der Waals surface area contributed by atoms with E-state index in [4.69, 9.17) is 0 Å². The minimum atomic E-state index is -9.91. The summed E-state index contributed by atoms with van der Waals surface area (Å²) in [6, 6.07) is 5.11. The van der Waals surface area contributed by atoms with E-state index < -0.39 is 27.7 Å². The third-order valence-electron chi connectivity index (χ3n) is 2.32. The molecule has 0 heterocycles. The van der Waals surface area contributed by atoms with Gasteiger partial charge in [-0.1, -0.05) is 37.6 Å². The first-order valence-electron chi connectivity index (χ1n) is 4.99. The molecular formula is C11H10F5IOS. The molecular weight excluding hydrogens is 402 g/mol. The van der Waals surface area contributed by atoms with Gasteiger partial charge in [-0.25, -0.2) is 0 Å². The molecule has 8 heteroatoms. The number of rotatable bonds is 5. The average molecular weight is 412 g/mol. The topological polar surface area (TPSA) is 17.1 Å². The van der Waals surface area contributed by atoms with Crippen LogP contribution in [0.15, 0.2) is 36.9 Å². The molecule has 1 rings (SSSR count). The van der Waals surface area contributed by atoms with Crippen molar-refractivity contribution in [2.45, 2.75) is 11.7 Å². The maximum Gasteiger partial charge on any atom is 0.295 e. The van der Waals surface area contributed by atoms with Gasteiger partial charge in [-0.05, 0) is 41.1 Å². The van der Waals surface area contributed by atoms with Crippen LogP contribution < -0.4 is 0 Å². The summed E-state index contributed by atoms with van der Waals surface area (Å²) in [6.07, 6.45) is -0.462. The summed E-state index contributed by atoms with van der Waals surface area (Å²) in [5.41, 5.74) is -0.382. The summed E-state index contributed by atoms with van der Waals surface area (Å²) >= 11 is 1.78. The lowest BCUT2D eigenvalue weighted by Crippen LogP contribution is -2.33. The van der Waals surface area contributed by atoms with Crippen molar-refractivity contribution in [2.24, 2.45) is 0 Å². The highest BCUT2D eigenvalue weighted by Gasteiger charge is 2.71. The molecule has 19 heavy (non-hydrogen) atoms. The lowest BCUT2D eigenvalue weighted by atomic mass is 10.1. The zero-order valence-corrected chi connectivity index (χ0v) is 12.4. The van der Waals surface area contributed by atoms with E-state index in [1.165, 1.54) is 6.07 Å². The van der Waals surface area contributed by atoms with Gasteiger partial charge in [-0.15, -0.1) is 6.58 Å². The fraction of sp³-hybridized carbons (Fsp3) is 0.182. The smallest absolute Gasteiger partial charge is 0.293 e. The molecule has 1 unspecified atom stereocenters. The van der Waals surface area contributed by atoms with Crippen LogP contribution in [0.5, 0.6) is 0 Å². The maximum atomic E-state index is 12.8. The average Bonchev–Trinajstić information content (AvgIpc) is 2.21. The number of carbonyl (C=O) groups is 1. The summed E-state index contributed by atoms with van der Waals surface area (Å²) in [5, 5.41) is -3.32. The summed E-state index contributed by atoms with van der Waals surface area (Å²) in [4.78, 5) is 11.7. The van der Waals surface area contributed by atoms with Gasteiger partial charge in [0.1, 0.15) is 0 Å². The van der Waals surface area contributed by atoms with Gasteiger partial charge in [0.25, 0.3) is 10.2 Å². The Labute approximate surface area is 120 Å². The Morgan fingerprint density at radius 3 is 2.32 bits per heavy atom. The van der Waals surface area contributed by atoms with Gasteiger partial charge in [-0.2, -0.15) is 0 Å². The first kappa shape index (κ1) is 16.4. The fourth-order valence-corrected chi connectivity index (χ4v) is 3.05. The molecule has 0 aromatic heterocycles. The van der Waals surface area contributed by atoms with E-state index >= 15 is 0 Å². The van der Waals surface area contributed by atoms with E-state index in [0.29, 0.717) is 9.65 Å². The number of allylic oxidation sites excluding steroid dienone is 1. The van der Waals surface area contributed by atoms with Gasteiger partial charge in [0.15, 0.2) is 11.0 Å². The standard InChI is InChI=1S/C11H10F5IOS/c1-2-4-10(19(12,13,14,15)16)11(18)8-5-3-6-9(17)7-8/h2-3,5-7,10H,1,4H2. The van der Waals surface area contributed by atoms with E-state index in [1.54, 1.807) is 28.7 Å². The quantitative estimate of drug-likeness (QED) is 0.262. The van der Waals surface area contributed by atoms with E-state index in [9.17, 15) is 24.2 Å². The molecule has 0 radical (unpaired) electrons. The van der Waals surface area contributed by atoms with E-state index in [2.05, 4.69) is 6.58 Å². The molecule has 0 N–H and O–H groups in total. The van der Waals surface area contributed by atoms with Gasteiger partial charge in [0, 0.05) is 9.13 Å². The molecule has 0 saturated heterocycles. The van der Waals surface area contributed by atoms with Crippen molar-refractivity contribution in [1.82, 2.24) is 0 Å². The number of benzene rings is 1. The fourth-order valence-electron chi connectivity index (χ4n) is 1.47. The third-order valence-corrected chi connectivity index (χ3v) is 4.47. The number of hydrogen-bond donors (Lipinski definition) is 0. The highest BCUT2D eigenvalue weighted by Crippen LogP contribution is 3.00. The summed E-state index contributed by atoms with van der Waals surface area (Å²) in [6.45, 7) is 3.00. The molecule has 0 bridgehead atoms. The Balaban J connectivity index is 3.30.